The number of rotatable bonds is 6. The summed E-state index contributed by atoms with van der Waals surface area (Å²) in [7, 11) is 0. The highest BCUT2D eigenvalue weighted by atomic mass is 32.1. The SMILES string of the molecule is Cc1c(-c2cc(Nc3cc4n(n3)CCN(C3CC3)C4)c(=O)[nH]n2)ccc(F)c1NC(=O)c1cc2ccccc2s1. The van der Waals surface area contributed by atoms with E-state index < -0.39 is 11.4 Å². The van der Waals surface area contributed by atoms with Crippen LogP contribution in [0.1, 0.15) is 33.8 Å². The molecule has 1 saturated carbocycles. The van der Waals surface area contributed by atoms with Gasteiger partial charge in [-0.15, -0.1) is 11.3 Å². The van der Waals surface area contributed by atoms with Crippen LogP contribution in [0.5, 0.6) is 0 Å². The second-order valence-corrected chi connectivity index (χ2v) is 11.3. The number of carbonyl (C=O) groups is 1. The molecule has 0 atom stereocenters. The van der Waals surface area contributed by atoms with Crippen LogP contribution in [0, 0.1) is 12.7 Å². The van der Waals surface area contributed by atoms with Crippen LogP contribution >= 0.6 is 11.3 Å². The summed E-state index contributed by atoms with van der Waals surface area (Å²) >= 11 is 1.35. The maximum atomic E-state index is 14.9. The summed E-state index contributed by atoms with van der Waals surface area (Å²) in [5.74, 6) is -0.356. The van der Waals surface area contributed by atoms with Crippen molar-refractivity contribution in [1.29, 1.82) is 0 Å². The third-order valence-electron chi connectivity index (χ3n) is 7.53. The highest BCUT2D eigenvalue weighted by Crippen LogP contribution is 2.33. The van der Waals surface area contributed by atoms with Gasteiger partial charge in [-0.2, -0.15) is 10.2 Å². The lowest BCUT2D eigenvalue weighted by Crippen LogP contribution is -2.35. The van der Waals surface area contributed by atoms with Crippen LogP contribution in [0.2, 0.25) is 0 Å². The Kier molecular flexibility index (Phi) is 5.97. The number of anilines is 3. The minimum absolute atomic E-state index is 0.0736. The number of nitrogens with zero attached hydrogens (tertiary/aromatic N) is 4. The van der Waals surface area contributed by atoms with E-state index in [4.69, 9.17) is 0 Å². The number of amides is 1. The lowest BCUT2D eigenvalue weighted by molar-refractivity contribution is 0.103. The summed E-state index contributed by atoms with van der Waals surface area (Å²) < 4.78 is 17.9. The fraction of sp³-hybridized carbons (Fsp3) is 0.241. The fourth-order valence-corrected chi connectivity index (χ4v) is 6.21. The van der Waals surface area contributed by atoms with Gasteiger partial charge in [-0.1, -0.05) is 18.2 Å². The quantitative estimate of drug-likeness (QED) is 0.264. The van der Waals surface area contributed by atoms with Crippen molar-refractivity contribution < 1.29 is 9.18 Å². The zero-order valence-electron chi connectivity index (χ0n) is 21.7. The van der Waals surface area contributed by atoms with E-state index in [2.05, 4.69) is 30.8 Å². The molecule has 3 N–H and O–H groups in total. The molecule has 7 rings (SSSR count). The highest BCUT2D eigenvalue weighted by molar-refractivity contribution is 7.20. The van der Waals surface area contributed by atoms with Gasteiger partial charge in [0.2, 0.25) is 0 Å². The lowest BCUT2D eigenvalue weighted by Gasteiger charge is -2.27. The van der Waals surface area contributed by atoms with E-state index in [1.807, 2.05) is 35.0 Å². The second-order valence-electron chi connectivity index (χ2n) is 10.3. The Labute approximate surface area is 232 Å². The topological polar surface area (TPSA) is 108 Å². The van der Waals surface area contributed by atoms with Crippen molar-refractivity contribution >= 4 is 44.5 Å². The maximum Gasteiger partial charge on any atom is 0.287 e. The lowest BCUT2D eigenvalue weighted by atomic mass is 10.0. The number of thiophene rings is 1. The second kappa shape index (κ2) is 9.68. The Balaban J connectivity index is 1.15. The number of nitrogens with one attached hydrogen (secondary N) is 3. The summed E-state index contributed by atoms with van der Waals surface area (Å²) in [5.41, 5.74) is 2.57. The average molecular weight is 556 g/mol. The summed E-state index contributed by atoms with van der Waals surface area (Å²) in [6.45, 7) is 4.36. The van der Waals surface area contributed by atoms with Crippen molar-refractivity contribution in [1.82, 2.24) is 24.9 Å². The highest BCUT2D eigenvalue weighted by Gasteiger charge is 2.32. The van der Waals surface area contributed by atoms with Gasteiger partial charge in [0, 0.05) is 35.5 Å². The molecule has 0 saturated heterocycles. The van der Waals surface area contributed by atoms with Crippen LogP contribution in [0.15, 0.2) is 59.4 Å². The Hall–Kier alpha value is -4.35. The van der Waals surface area contributed by atoms with Crippen molar-refractivity contribution in [2.75, 3.05) is 17.2 Å². The van der Waals surface area contributed by atoms with Gasteiger partial charge in [0.25, 0.3) is 11.5 Å². The van der Waals surface area contributed by atoms with E-state index in [-0.39, 0.29) is 17.3 Å². The number of hydrogen-bond acceptors (Lipinski definition) is 7. The molecule has 0 bridgehead atoms. The molecule has 2 aliphatic rings. The first-order valence-electron chi connectivity index (χ1n) is 13.2. The van der Waals surface area contributed by atoms with Crippen molar-refractivity contribution in [3.05, 3.63) is 86.9 Å². The summed E-state index contributed by atoms with van der Waals surface area (Å²) in [6.07, 6.45) is 2.52. The molecular formula is C29H26FN7O2S. The number of carbonyl (C=O) groups excluding carboxylic acids is 1. The number of hydrogen-bond donors (Lipinski definition) is 3. The molecule has 1 fully saturated rings. The monoisotopic (exact) mass is 555 g/mol. The molecule has 3 aromatic heterocycles. The smallest absolute Gasteiger partial charge is 0.287 e. The van der Waals surface area contributed by atoms with Crippen molar-refractivity contribution in [2.24, 2.45) is 0 Å². The van der Waals surface area contributed by atoms with Gasteiger partial charge >= 0.3 is 0 Å². The Morgan fingerprint density at radius 2 is 1.98 bits per heavy atom. The molecule has 40 heavy (non-hydrogen) atoms. The molecule has 2 aromatic carbocycles. The van der Waals surface area contributed by atoms with E-state index >= 15 is 0 Å². The van der Waals surface area contributed by atoms with Crippen LogP contribution in [-0.2, 0) is 13.1 Å². The number of aromatic nitrogens is 4. The first-order valence-corrected chi connectivity index (χ1v) is 14.0. The molecule has 0 spiro atoms. The Morgan fingerprint density at radius 3 is 2.80 bits per heavy atom. The van der Waals surface area contributed by atoms with Crippen molar-refractivity contribution in [3.63, 3.8) is 0 Å². The van der Waals surface area contributed by atoms with Crippen LogP contribution in [0.25, 0.3) is 21.3 Å². The summed E-state index contributed by atoms with van der Waals surface area (Å²) in [6, 6.07) is 16.7. The van der Waals surface area contributed by atoms with E-state index in [0.29, 0.717) is 33.6 Å². The first-order chi connectivity index (χ1) is 19.4. The van der Waals surface area contributed by atoms with Gasteiger partial charge in [-0.05, 0) is 61.0 Å². The van der Waals surface area contributed by atoms with Crippen molar-refractivity contribution in [2.45, 2.75) is 38.9 Å². The number of aromatic amines is 1. The molecule has 0 unspecified atom stereocenters. The molecule has 1 amide bonds. The molecule has 5 aromatic rings. The minimum atomic E-state index is -0.553. The molecule has 1 aliphatic heterocycles. The van der Waals surface area contributed by atoms with Gasteiger partial charge in [0.1, 0.15) is 11.5 Å². The van der Waals surface area contributed by atoms with Crippen LogP contribution in [0.4, 0.5) is 21.6 Å². The molecule has 1 aliphatic carbocycles. The Bertz CT molecular complexity index is 1800. The van der Waals surface area contributed by atoms with Gasteiger partial charge in [-0.3, -0.25) is 19.2 Å². The molecule has 202 valence electrons. The molecular weight excluding hydrogens is 529 g/mol. The third kappa shape index (κ3) is 4.56. The van der Waals surface area contributed by atoms with E-state index in [0.717, 1.165) is 35.4 Å². The maximum absolute atomic E-state index is 14.9. The van der Waals surface area contributed by atoms with Gasteiger partial charge in [-0.25, -0.2) is 9.49 Å². The molecule has 11 heteroatoms. The molecule has 0 radical (unpaired) electrons. The number of halogens is 1. The van der Waals surface area contributed by atoms with Gasteiger partial charge in [0.05, 0.1) is 28.5 Å². The molecule has 9 nitrogen and oxygen atoms in total. The van der Waals surface area contributed by atoms with Gasteiger partial charge < -0.3 is 10.6 Å². The van der Waals surface area contributed by atoms with Crippen LogP contribution in [0.3, 0.4) is 0 Å². The molecule has 4 heterocycles. The average Bonchev–Trinajstić information content (AvgIpc) is 3.58. The van der Waals surface area contributed by atoms with Gasteiger partial charge in [0.15, 0.2) is 5.82 Å². The zero-order chi connectivity index (χ0) is 27.4. The zero-order valence-corrected chi connectivity index (χ0v) is 22.5. The summed E-state index contributed by atoms with van der Waals surface area (Å²) in [4.78, 5) is 28.6. The largest absolute Gasteiger partial charge is 0.334 e. The van der Waals surface area contributed by atoms with Crippen LogP contribution < -0.4 is 16.2 Å². The predicted molar refractivity (Wildman–Crippen MR) is 154 cm³/mol. The minimum Gasteiger partial charge on any atom is -0.334 e. The first kappa shape index (κ1) is 24.7. The number of benzene rings is 2. The third-order valence-corrected chi connectivity index (χ3v) is 8.65. The van der Waals surface area contributed by atoms with E-state index in [1.54, 1.807) is 25.1 Å². The fourth-order valence-electron chi connectivity index (χ4n) is 5.25. The number of fused-ring (bicyclic) bond motifs is 2. The Morgan fingerprint density at radius 1 is 1.12 bits per heavy atom. The predicted octanol–water partition coefficient (Wildman–Crippen LogP) is 5.27. The van der Waals surface area contributed by atoms with E-state index in [1.165, 1.54) is 30.2 Å². The standard InChI is InChI=1S/C29H26FN7O2S/c1-16-20(8-9-21(30)27(16)32-29(39)25-12-17-4-2-3-5-24(17)40-25)22-14-23(28(38)34-33-22)31-26-13-19-15-36(18-6-7-18)10-11-37(19)35-26/h2-5,8-9,12-14,18H,6-7,10-11,15H2,1H3,(H,32,39)(H,34,38)(H,31,33,35). The number of H-pyrrole nitrogens is 1. The van der Waals surface area contributed by atoms with E-state index in [9.17, 15) is 14.0 Å². The van der Waals surface area contributed by atoms with Crippen molar-refractivity contribution in [3.8, 4) is 11.3 Å². The van der Waals surface area contributed by atoms with Crippen LogP contribution in [-0.4, -0.2) is 43.4 Å². The normalized spacial score (nSPS) is 15.2. The summed E-state index contributed by atoms with van der Waals surface area (Å²) in [5, 5.41) is 18.2.